The van der Waals surface area contributed by atoms with Gasteiger partial charge in [0.2, 0.25) is 0 Å². The topological polar surface area (TPSA) is 63.0 Å². The van der Waals surface area contributed by atoms with E-state index in [1.54, 1.807) is 13.0 Å². The summed E-state index contributed by atoms with van der Waals surface area (Å²) in [4.78, 5) is 15.7. The maximum absolute atomic E-state index is 11.8. The Morgan fingerprint density at radius 1 is 1.32 bits per heavy atom. The monoisotopic (exact) mass is 252 g/mol. The van der Waals surface area contributed by atoms with Gasteiger partial charge in [0.15, 0.2) is 5.69 Å². The second-order valence-electron chi connectivity index (χ2n) is 3.78. The Kier molecular flexibility index (Phi) is 3.89. The van der Waals surface area contributed by atoms with Crippen LogP contribution in [0.3, 0.4) is 0 Å². The number of nitriles is 1. The normalized spacial score (nSPS) is 9.68. The van der Waals surface area contributed by atoms with Gasteiger partial charge in [-0.2, -0.15) is 5.26 Å². The summed E-state index contributed by atoms with van der Waals surface area (Å²) in [5, 5.41) is 9.28. The van der Waals surface area contributed by atoms with Crippen molar-refractivity contribution in [3.63, 3.8) is 0 Å². The van der Waals surface area contributed by atoms with Gasteiger partial charge < -0.3 is 4.74 Å². The Labute approximate surface area is 111 Å². The van der Waals surface area contributed by atoms with Crippen LogP contribution in [0.25, 0.3) is 11.1 Å². The summed E-state index contributed by atoms with van der Waals surface area (Å²) >= 11 is 0. The summed E-state index contributed by atoms with van der Waals surface area (Å²) in [7, 11) is 0. The highest BCUT2D eigenvalue weighted by atomic mass is 16.5. The molecule has 0 spiro atoms. The van der Waals surface area contributed by atoms with Gasteiger partial charge in [-0.1, -0.05) is 30.3 Å². The fraction of sp³-hybridized carbons (Fsp3) is 0.133. The van der Waals surface area contributed by atoms with Gasteiger partial charge in [-0.25, -0.2) is 9.78 Å². The van der Waals surface area contributed by atoms with E-state index in [-0.39, 0.29) is 17.9 Å². The summed E-state index contributed by atoms with van der Waals surface area (Å²) < 4.78 is 4.91. The molecule has 94 valence electrons. The van der Waals surface area contributed by atoms with Crippen LogP contribution in [0, 0.1) is 11.3 Å². The molecule has 1 aromatic carbocycles. The van der Waals surface area contributed by atoms with Crippen molar-refractivity contribution >= 4 is 5.97 Å². The average molecular weight is 252 g/mol. The highest BCUT2D eigenvalue weighted by Gasteiger charge is 2.18. The van der Waals surface area contributed by atoms with Crippen LogP contribution >= 0.6 is 0 Å². The van der Waals surface area contributed by atoms with Gasteiger partial charge in [0.05, 0.1) is 12.2 Å². The number of hydrogen-bond donors (Lipinski definition) is 0. The largest absolute Gasteiger partial charge is 0.461 e. The number of rotatable bonds is 3. The molecular formula is C15H12N2O2. The van der Waals surface area contributed by atoms with Crippen LogP contribution in [0.4, 0.5) is 0 Å². The molecule has 4 nitrogen and oxygen atoms in total. The van der Waals surface area contributed by atoms with Crippen LogP contribution in [-0.4, -0.2) is 17.6 Å². The summed E-state index contributed by atoms with van der Waals surface area (Å²) in [5.41, 5.74) is 1.85. The number of hydrogen-bond acceptors (Lipinski definition) is 4. The van der Waals surface area contributed by atoms with E-state index in [2.05, 4.69) is 4.98 Å². The van der Waals surface area contributed by atoms with Crippen LogP contribution in [0.15, 0.2) is 42.6 Å². The van der Waals surface area contributed by atoms with Gasteiger partial charge in [0.25, 0.3) is 0 Å². The number of carbonyl (C=O) groups excluding carboxylic acids is 1. The van der Waals surface area contributed by atoms with E-state index in [4.69, 9.17) is 4.74 Å². The number of esters is 1. The van der Waals surface area contributed by atoms with Crippen molar-refractivity contribution in [1.82, 2.24) is 4.98 Å². The predicted molar refractivity (Wildman–Crippen MR) is 70.3 cm³/mol. The van der Waals surface area contributed by atoms with Crippen LogP contribution < -0.4 is 0 Å². The molecule has 0 fully saturated rings. The minimum Gasteiger partial charge on any atom is -0.461 e. The first-order chi connectivity index (χ1) is 9.27. The zero-order chi connectivity index (χ0) is 13.7. The summed E-state index contributed by atoms with van der Waals surface area (Å²) in [6, 6.07) is 13.2. The first-order valence-electron chi connectivity index (χ1n) is 5.89. The highest BCUT2D eigenvalue weighted by Crippen LogP contribution is 2.24. The molecule has 0 aliphatic carbocycles. The first-order valence-corrected chi connectivity index (χ1v) is 5.89. The van der Waals surface area contributed by atoms with Crippen molar-refractivity contribution < 1.29 is 9.53 Å². The summed E-state index contributed by atoms with van der Waals surface area (Å²) in [5.74, 6) is -0.572. The minimum absolute atomic E-state index is 0.0608. The standard InChI is InChI=1S/C15H12N2O2/c1-2-19-15(18)14-13(10-16)12(8-9-17-14)11-6-4-3-5-7-11/h3-9H,2H2,1H3. The fourth-order valence-corrected chi connectivity index (χ4v) is 1.79. The third-order valence-electron chi connectivity index (χ3n) is 2.62. The first kappa shape index (κ1) is 12.8. The van der Waals surface area contributed by atoms with Gasteiger partial charge in [-0.05, 0) is 18.6 Å². The molecule has 2 rings (SSSR count). The Bertz CT molecular complexity index is 630. The molecule has 19 heavy (non-hydrogen) atoms. The summed E-state index contributed by atoms with van der Waals surface area (Å²) in [6.07, 6.45) is 1.51. The summed E-state index contributed by atoms with van der Waals surface area (Å²) in [6.45, 7) is 1.96. The molecule has 0 saturated heterocycles. The SMILES string of the molecule is CCOC(=O)c1nccc(-c2ccccc2)c1C#N. The average Bonchev–Trinajstić information content (AvgIpc) is 2.47. The van der Waals surface area contributed by atoms with E-state index < -0.39 is 5.97 Å². The molecular weight excluding hydrogens is 240 g/mol. The zero-order valence-electron chi connectivity index (χ0n) is 10.5. The Balaban J connectivity index is 2.56. The second-order valence-corrected chi connectivity index (χ2v) is 3.78. The molecule has 0 bridgehead atoms. The van der Waals surface area contributed by atoms with E-state index in [9.17, 15) is 10.1 Å². The molecule has 0 atom stereocenters. The molecule has 2 aromatic rings. The number of aromatic nitrogens is 1. The molecule has 0 radical (unpaired) electrons. The number of benzene rings is 1. The molecule has 0 aliphatic rings. The lowest BCUT2D eigenvalue weighted by Crippen LogP contribution is -2.10. The molecule has 0 saturated carbocycles. The lowest BCUT2D eigenvalue weighted by molar-refractivity contribution is 0.0519. The highest BCUT2D eigenvalue weighted by molar-refractivity contribution is 5.93. The zero-order valence-corrected chi connectivity index (χ0v) is 10.5. The molecule has 0 amide bonds. The van der Waals surface area contributed by atoms with Gasteiger partial charge in [0.1, 0.15) is 6.07 Å². The van der Waals surface area contributed by atoms with Gasteiger partial charge >= 0.3 is 5.97 Å². The second kappa shape index (κ2) is 5.78. The number of nitrogens with zero attached hydrogens (tertiary/aromatic N) is 2. The van der Waals surface area contributed by atoms with Gasteiger partial charge in [-0.15, -0.1) is 0 Å². The van der Waals surface area contributed by atoms with Crippen molar-refractivity contribution in [2.45, 2.75) is 6.92 Å². The lowest BCUT2D eigenvalue weighted by Gasteiger charge is -2.07. The minimum atomic E-state index is -0.572. The third-order valence-corrected chi connectivity index (χ3v) is 2.62. The molecule has 1 heterocycles. The number of pyridine rings is 1. The number of ether oxygens (including phenoxy) is 1. The van der Waals surface area contributed by atoms with Crippen LogP contribution in [-0.2, 0) is 4.74 Å². The van der Waals surface area contributed by atoms with Crippen molar-refractivity contribution in [2.24, 2.45) is 0 Å². The maximum Gasteiger partial charge on any atom is 0.358 e. The van der Waals surface area contributed by atoms with Crippen LogP contribution in [0.1, 0.15) is 23.0 Å². The number of carbonyl (C=O) groups is 1. The predicted octanol–water partition coefficient (Wildman–Crippen LogP) is 2.80. The van der Waals surface area contributed by atoms with Crippen molar-refractivity contribution in [1.29, 1.82) is 5.26 Å². The van der Waals surface area contributed by atoms with Crippen LogP contribution in [0.2, 0.25) is 0 Å². The van der Waals surface area contributed by atoms with Crippen molar-refractivity contribution in [3.8, 4) is 17.2 Å². The van der Waals surface area contributed by atoms with E-state index >= 15 is 0 Å². The van der Waals surface area contributed by atoms with Gasteiger partial charge in [-0.3, -0.25) is 0 Å². The molecule has 1 aromatic heterocycles. The smallest absolute Gasteiger partial charge is 0.358 e. The molecule has 0 unspecified atom stereocenters. The van der Waals surface area contributed by atoms with E-state index in [0.717, 1.165) is 5.56 Å². The quantitative estimate of drug-likeness (QED) is 0.788. The molecule has 0 aliphatic heterocycles. The van der Waals surface area contributed by atoms with Gasteiger partial charge in [0, 0.05) is 11.8 Å². The third kappa shape index (κ3) is 2.61. The van der Waals surface area contributed by atoms with E-state index in [1.165, 1.54) is 6.20 Å². The van der Waals surface area contributed by atoms with E-state index in [0.29, 0.717) is 5.56 Å². The van der Waals surface area contributed by atoms with Crippen molar-refractivity contribution in [2.75, 3.05) is 6.61 Å². The molecule has 0 N–H and O–H groups in total. The Morgan fingerprint density at radius 2 is 2.05 bits per heavy atom. The van der Waals surface area contributed by atoms with E-state index in [1.807, 2.05) is 36.4 Å². The maximum atomic E-state index is 11.8. The Hall–Kier alpha value is -2.67. The fourth-order valence-electron chi connectivity index (χ4n) is 1.79. The van der Waals surface area contributed by atoms with Crippen molar-refractivity contribution in [3.05, 3.63) is 53.9 Å². The Morgan fingerprint density at radius 3 is 2.68 bits per heavy atom. The lowest BCUT2D eigenvalue weighted by atomic mass is 10.00. The molecule has 4 heteroatoms. The van der Waals surface area contributed by atoms with Crippen LogP contribution in [0.5, 0.6) is 0 Å².